The number of rotatable bonds is 3. The van der Waals surface area contributed by atoms with Crippen molar-refractivity contribution in [2.75, 3.05) is 7.11 Å². The Morgan fingerprint density at radius 1 is 1.27 bits per heavy atom. The van der Waals surface area contributed by atoms with Crippen LogP contribution in [-0.4, -0.2) is 7.11 Å². The van der Waals surface area contributed by atoms with E-state index in [0.717, 1.165) is 18.6 Å². The Balaban J connectivity index is 2.68. The van der Waals surface area contributed by atoms with Crippen LogP contribution >= 0.6 is 11.6 Å². The van der Waals surface area contributed by atoms with Crippen molar-refractivity contribution in [1.29, 1.82) is 0 Å². The van der Waals surface area contributed by atoms with Crippen LogP contribution in [0, 0.1) is 5.41 Å². The molecule has 0 saturated heterocycles. The molecule has 0 amide bonds. The van der Waals surface area contributed by atoms with Crippen molar-refractivity contribution in [3.63, 3.8) is 0 Å². The minimum Gasteiger partial charge on any atom is -0.495 e. The van der Waals surface area contributed by atoms with Gasteiger partial charge in [-0.3, -0.25) is 0 Å². The van der Waals surface area contributed by atoms with Crippen molar-refractivity contribution >= 4 is 11.6 Å². The van der Waals surface area contributed by atoms with Crippen LogP contribution in [0.15, 0.2) is 18.2 Å². The van der Waals surface area contributed by atoms with Crippen LogP contribution < -0.4 is 4.74 Å². The van der Waals surface area contributed by atoms with Gasteiger partial charge in [-0.2, -0.15) is 0 Å². The lowest BCUT2D eigenvalue weighted by molar-refractivity contribution is 0.378. The van der Waals surface area contributed by atoms with E-state index < -0.39 is 0 Å². The monoisotopic (exact) mass is 226 g/mol. The molecule has 0 aliphatic rings. The average Bonchev–Trinajstić information content (AvgIpc) is 2.14. The van der Waals surface area contributed by atoms with Gasteiger partial charge in [-0.15, -0.1) is 0 Å². The van der Waals surface area contributed by atoms with Gasteiger partial charge in [0.25, 0.3) is 0 Å². The van der Waals surface area contributed by atoms with Crippen molar-refractivity contribution in [1.82, 2.24) is 0 Å². The number of benzene rings is 1. The van der Waals surface area contributed by atoms with Crippen LogP contribution in [0.5, 0.6) is 5.75 Å². The van der Waals surface area contributed by atoms with E-state index in [-0.39, 0.29) is 0 Å². The smallest absolute Gasteiger partial charge is 0.137 e. The predicted molar refractivity (Wildman–Crippen MR) is 65.8 cm³/mol. The summed E-state index contributed by atoms with van der Waals surface area (Å²) >= 11 is 6.05. The lowest BCUT2D eigenvalue weighted by atomic mass is 9.89. The summed E-state index contributed by atoms with van der Waals surface area (Å²) in [6.07, 6.45) is 2.23. The molecule has 0 radical (unpaired) electrons. The Morgan fingerprint density at radius 2 is 1.93 bits per heavy atom. The summed E-state index contributed by atoms with van der Waals surface area (Å²) in [6, 6.07) is 6.00. The van der Waals surface area contributed by atoms with E-state index in [0.29, 0.717) is 10.4 Å². The minimum atomic E-state index is 0.367. The molecule has 0 spiro atoms. The molecule has 0 N–H and O–H groups in total. The van der Waals surface area contributed by atoms with Gasteiger partial charge < -0.3 is 4.74 Å². The van der Waals surface area contributed by atoms with Crippen LogP contribution in [0.1, 0.15) is 32.8 Å². The summed E-state index contributed by atoms with van der Waals surface area (Å²) in [5.41, 5.74) is 1.64. The fraction of sp³-hybridized carbons (Fsp3) is 0.538. The van der Waals surface area contributed by atoms with Crippen molar-refractivity contribution in [2.45, 2.75) is 33.6 Å². The molecule has 0 unspecified atom stereocenters. The van der Waals surface area contributed by atoms with Crippen LogP contribution in [-0.2, 0) is 6.42 Å². The van der Waals surface area contributed by atoms with E-state index in [2.05, 4.69) is 26.8 Å². The zero-order valence-electron chi connectivity index (χ0n) is 9.93. The molecule has 1 aromatic carbocycles. The fourth-order valence-corrected chi connectivity index (χ4v) is 1.67. The van der Waals surface area contributed by atoms with Crippen molar-refractivity contribution in [3.05, 3.63) is 28.8 Å². The Morgan fingerprint density at radius 3 is 2.40 bits per heavy atom. The lowest BCUT2D eigenvalue weighted by Gasteiger charge is -2.17. The van der Waals surface area contributed by atoms with E-state index in [4.69, 9.17) is 16.3 Å². The first kappa shape index (κ1) is 12.4. The highest BCUT2D eigenvalue weighted by molar-refractivity contribution is 6.32. The number of methoxy groups -OCH3 is 1. The number of hydrogen-bond acceptors (Lipinski definition) is 1. The Kier molecular flexibility index (Phi) is 4.04. The molecule has 0 atom stereocenters. The molecule has 1 rings (SSSR count). The lowest BCUT2D eigenvalue weighted by Crippen LogP contribution is -2.06. The van der Waals surface area contributed by atoms with Crippen molar-refractivity contribution in [2.24, 2.45) is 5.41 Å². The van der Waals surface area contributed by atoms with E-state index >= 15 is 0 Å². The SMILES string of the molecule is COc1ccc(CCC(C)(C)C)cc1Cl. The summed E-state index contributed by atoms with van der Waals surface area (Å²) in [7, 11) is 1.63. The first-order chi connectivity index (χ1) is 6.92. The number of hydrogen-bond donors (Lipinski definition) is 0. The molecule has 0 fully saturated rings. The van der Waals surface area contributed by atoms with Gasteiger partial charge in [-0.05, 0) is 36.0 Å². The number of aryl methyl sites for hydroxylation is 1. The van der Waals surface area contributed by atoms with Gasteiger partial charge in [-0.1, -0.05) is 38.4 Å². The zero-order valence-corrected chi connectivity index (χ0v) is 10.7. The maximum atomic E-state index is 6.05. The third-order valence-electron chi connectivity index (χ3n) is 2.38. The highest BCUT2D eigenvalue weighted by Crippen LogP contribution is 2.27. The van der Waals surface area contributed by atoms with Gasteiger partial charge in [0.2, 0.25) is 0 Å². The number of ether oxygens (including phenoxy) is 1. The van der Waals surface area contributed by atoms with Gasteiger partial charge in [0, 0.05) is 0 Å². The summed E-state index contributed by atoms with van der Waals surface area (Å²) in [5, 5.41) is 0.698. The van der Waals surface area contributed by atoms with Crippen LogP contribution in [0.4, 0.5) is 0 Å². The maximum Gasteiger partial charge on any atom is 0.137 e. The van der Waals surface area contributed by atoms with Crippen molar-refractivity contribution in [3.8, 4) is 5.75 Å². The molecule has 0 saturated carbocycles. The molecule has 1 nitrogen and oxygen atoms in total. The molecular weight excluding hydrogens is 208 g/mol. The first-order valence-corrected chi connectivity index (χ1v) is 5.62. The summed E-state index contributed by atoms with van der Waals surface area (Å²) < 4.78 is 5.11. The minimum absolute atomic E-state index is 0.367. The molecule has 1 aromatic rings. The van der Waals surface area contributed by atoms with Gasteiger partial charge >= 0.3 is 0 Å². The Bertz CT molecular complexity index is 326. The zero-order chi connectivity index (χ0) is 11.5. The molecule has 0 aliphatic carbocycles. The third-order valence-corrected chi connectivity index (χ3v) is 2.68. The van der Waals surface area contributed by atoms with Crippen LogP contribution in [0.2, 0.25) is 5.02 Å². The molecule has 15 heavy (non-hydrogen) atoms. The maximum absolute atomic E-state index is 6.05. The molecule has 2 heteroatoms. The van der Waals surface area contributed by atoms with Gasteiger partial charge in [-0.25, -0.2) is 0 Å². The molecule has 0 aliphatic heterocycles. The van der Waals surface area contributed by atoms with E-state index in [1.54, 1.807) is 7.11 Å². The topological polar surface area (TPSA) is 9.23 Å². The van der Waals surface area contributed by atoms with E-state index in [9.17, 15) is 0 Å². The van der Waals surface area contributed by atoms with Crippen molar-refractivity contribution < 1.29 is 4.74 Å². The molecule has 0 aromatic heterocycles. The van der Waals surface area contributed by atoms with Gasteiger partial charge in [0.1, 0.15) is 5.75 Å². The second kappa shape index (κ2) is 4.89. The molecule has 84 valence electrons. The highest BCUT2D eigenvalue weighted by atomic mass is 35.5. The first-order valence-electron chi connectivity index (χ1n) is 5.25. The van der Waals surface area contributed by atoms with E-state index in [1.807, 2.05) is 12.1 Å². The normalized spacial score (nSPS) is 11.5. The Hall–Kier alpha value is -0.690. The van der Waals surface area contributed by atoms with Crippen LogP contribution in [0.25, 0.3) is 0 Å². The summed E-state index contributed by atoms with van der Waals surface area (Å²) in [5.74, 6) is 0.746. The second-order valence-corrected chi connectivity index (χ2v) is 5.44. The number of halogens is 1. The molecular formula is C13H19ClO. The molecule has 0 bridgehead atoms. The van der Waals surface area contributed by atoms with Crippen LogP contribution in [0.3, 0.4) is 0 Å². The second-order valence-electron chi connectivity index (χ2n) is 5.03. The average molecular weight is 227 g/mol. The fourth-order valence-electron chi connectivity index (χ4n) is 1.38. The summed E-state index contributed by atoms with van der Waals surface area (Å²) in [6.45, 7) is 6.74. The van der Waals surface area contributed by atoms with Gasteiger partial charge in [0.15, 0.2) is 0 Å². The third kappa shape index (κ3) is 4.13. The highest BCUT2D eigenvalue weighted by Gasteiger charge is 2.10. The summed E-state index contributed by atoms with van der Waals surface area (Å²) in [4.78, 5) is 0. The Labute approximate surface area is 97.4 Å². The standard InChI is InChI=1S/C13H19ClO/c1-13(2,3)8-7-10-5-6-12(15-4)11(14)9-10/h5-6,9H,7-8H2,1-4H3. The van der Waals surface area contributed by atoms with E-state index in [1.165, 1.54) is 5.56 Å². The predicted octanol–water partition coefficient (Wildman–Crippen LogP) is 4.33. The quantitative estimate of drug-likeness (QED) is 0.746. The largest absolute Gasteiger partial charge is 0.495 e. The molecule has 0 heterocycles. The van der Waals surface area contributed by atoms with Gasteiger partial charge in [0.05, 0.1) is 12.1 Å².